The molecule has 4 aromatic heterocycles. The first-order valence-electron chi connectivity index (χ1n) is 11.1. The molecule has 35 heavy (non-hydrogen) atoms. The maximum absolute atomic E-state index is 13.3. The number of halogens is 1. The second-order valence-electron chi connectivity index (χ2n) is 8.37. The standard InChI is InChI=1S/C24H23ClN6O3S/c1-12-6-15(16-8-20(25)27-10-19(16)33-3)17(9-26-12)22(32)31-24-30-21-23(35-24)29-18(13(2)28-21)7-14-4-5-34-11-14/h6,8-10,14H,4-5,7,11H2,1-3H3,(H,28,30,31,32). The van der Waals surface area contributed by atoms with Crippen molar-refractivity contribution >= 4 is 44.5 Å². The van der Waals surface area contributed by atoms with Crippen molar-refractivity contribution < 1.29 is 14.3 Å². The molecule has 5 rings (SSSR count). The van der Waals surface area contributed by atoms with E-state index in [1.54, 1.807) is 13.2 Å². The number of fused-ring (bicyclic) bond motifs is 1. The normalized spacial score (nSPS) is 15.5. The van der Waals surface area contributed by atoms with E-state index in [1.807, 2.05) is 19.9 Å². The lowest BCUT2D eigenvalue weighted by Crippen LogP contribution is -2.14. The van der Waals surface area contributed by atoms with E-state index < -0.39 is 0 Å². The molecule has 0 bridgehead atoms. The van der Waals surface area contributed by atoms with E-state index in [2.05, 4.69) is 25.3 Å². The van der Waals surface area contributed by atoms with Crippen molar-refractivity contribution in [2.24, 2.45) is 5.92 Å². The van der Waals surface area contributed by atoms with Crippen LogP contribution in [0.25, 0.3) is 21.6 Å². The molecule has 1 aliphatic rings. The van der Waals surface area contributed by atoms with Crippen molar-refractivity contribution in [2.75, 3.05) is 25.6 Å². The highest BCUT2D eigenvalue weighted by atomic mass is 35.5. The van der Waals surface area contributed by atoms with Crippen LogP contribution in [0.1, 0.15) is 33.9 Å². The topological polar surface area (TPSA) is 112 Å². The van der Waals surface area contributed by atoms with Crippen molar-refractivity contribution in [3.63, 3.8) is 0 Å². The number of aryl methyl sites for hydroxylation is 2. The number of carbonyl (C=O) groups is 1. The van der Waals surface area contributed by atoms with Crippen molar-refractivity contribution in [3.8, 4) is 16.9 Å². The first-order valence-corrected chi connectivity index (χ1v) is 12.3. The number of nitrogens with one attached hydrogen (secondary N) is 1. The number of ether oxygens (including phenoxy) is 2. The maximum atomic E-state index is 13.3. The average molecular weight is 511 g/mol. The molecule has 1 saturated heterocycles. The predicted molar refractivity (Wildman–Crippen MR) is 134 cm³/mol. The van der Waals surface area contributed by atoms with Crippen LogP contribution < -0.4 is 10.1 Å². The third-order valence-corrected chi connectivity index (χ3v) is 6.94. The number of pyridine rings is 2. The molecule has 1 unspecified atom stereocenters. The lowest BCUT2D eigenvalue weighted by atomic mass is 10.0. The molecule has 1 amide bonds. The predicted octanol–water partition coefficient (Wildman–Crippen LogP) is 4.65. The molecule has 0 saturated carbocycles. The maximum Gasteiger partial charge on any atom is 0.259 e. The van der Waals surface area contributed by atoms with Crippen LogP contribution in [0.3, 0.4) is 0 Å². The fourth-order valence-corrected chi connectivity index (χ4v) is 5.01. The fourth-order valence-electron chi connectivity index (χ4n) is 4.06. The summed E-state index contributed by atoms with van der Waals surface area (Å²) in [5, 5.41) is 3.59. The van der Waals surface area contributed by atoms with Crippen molar-refractivity contribution in [2.45, 2.75) is 26.7 Å². The van der Waals surface area contributed by atoms with Crippen LogP contribution in [-0.2, 0) is 11.2 Å². The highest BCUT2D eigenvalue weighted by Crippen LogP contribution is 2.34. The number of hydrogen-bond donors (Lipinski definition) is 1. The summed E-state index contributed by atoms with van der Waals surface area (Å²) in [5.74, 6) is 0.596. The van der Waals surface area contributed by atoms with Gasteiger partial charge in [-0.25, -0.2) is 15.0 Å². The van der Waals surface area contributed by atoms with Gasteiger partial charge in [0.05, 0.1) is 30.3 Å². The van der Waals surface area contributed by atoms with Crippen LogP contribution in [-0.4, -0.2) is 51.2 Å². The first kappa shape index (κ1) is 23.5. The zero-order valence-electron chi connectivity index (χ0n) is 19.5. The smallest absolute Gasteiger partial charge is 0.259 e. The molecule has 1 N–H and O–H groups in total. The number of aromatic nitrogens is 5. The molecule has 11 heteroatoms. The summed E-state index contributed by atoms with van der Waals surface area (Å²) in [6.45, 7) is 5.34. The summed E-state index contributed by atoms with van der Waals surface area (Å²) in [7, 11) is 1.54. The van der Waals surface area contributed by atoms with Crippen LogP contribution in [0, 0.1) is 19.8 Å². The Morgan fingerprint density at radius 2 is 2.06 bits per heavy atom. The van der Waals surface area contributed by atoms with E-state index in [0.717, 1.165) is 43.1 Å². The average Bonchev–Trinajstić information content (AvgIpc) is 3.48. The summed E-state index contributed by atoms with van der Waals surface area (Å²) < 4.78 is 10.9. The van der Waals surface area contributed by atoms with Gasteiger partial charge < -0.3 is 9.47 Å². The number of amides is 1. The molecule has 9 nitrogen and oxygen atoms in total. The molecule has 0 spiro atoms. The van der Waals surface area contributed by atoms with Gasteiger partial charge in [-0.15, -0.1) is 0 Å². The zero-order valence-corrected chi connectivity index (χ0v) is 21.0. The summed E-state index contributed by atoms with van der Waals surface area (Å²) in [6.07, 6.45) is 4.91. The van der Waals surface area contributed by atoms with E-state index >= 15 is 0 Å². The molecule has 4 aromatic rings. The van der Waals surface area contributed by atoms with E-state index in [-0.39, 0.29) is 5.91 Å². The molecule has 1 fully saturated rings. The van der Waals surface area contributed by atoms with Gasteiger partial charge in [-0.2, -0.15) is 4.98 Å². The second kappa shape index (κ2) is 9.80. The third kappa shape index (κ3) is 4.95. The Morgan fingerprint density at radius 3 is 2.83 bits per heavy atom. The Morgan fingerprint density at radius 1 is 1.20 bits per heavy atom. The molecule has 1 atom stereocenters. The highest BCUT2D eigenvalue weighted by Gasteiger charge is 2.22. The Labute approximate surface area is 210 Å². The molecule has 5 heterocycles. The van der Waals surface area contributed by atoms with Gasteiger partial charge in [0.1, 0.15) is 10.9 Å². The third-order valence-electron chi connectivity index (χ3n) is 5.88. The number of carbonyl (C=O) groups excluding carboxylic acids is 1. The van der Waals surface area contributed by atoms with Gasteiger partial charge in [0.25, 0.3) is 5.91 Å². The number of methoxy groups -OCH3 is 1. The van der Waals surface area contributed by atoms with Gasteiger partial charge >= 0.3 is 0 Å². The lowest BCUT2D eigenvalue weighted by molar-refractivity contribution is 0.102. The second-order valence-corrected chi connectivity index (χ2v) is 9.73. The summed E-state index contributed by atoms with van der Waals surface area (Å²) >= 11 is 7.43. The molecular weight excluding hydrogens is 488 g/mol. The van der Waals surface area contributed by atoms with E-state index in [1.165, 1.54) is 23.7 Å². The molecule has 180 valence electrons. The van der Waals surface area contributed by atoms with Gasteiger partial charge in [0.2, 0.25) is 0 Å². The van der Waals surface area contributed by atoms with Gasteiger partial charge in [-0.1, -0.05) is 22.9 Å². The molecule has 0 radical (unpaired) electrons. The minimum Gasteiger partial charge on any atom is -0.494 e. The Bertz CT molecular complexity index is 1420. The molecular formula is C24H23ClN6O3S. The van der Waals surface area contributed by atoms with Crippen LogP contribution in [0.5, 0.6) is 5.75 Å². The number of thiazole rings is 1. The van der Waals surface area contributed by atoms with Gasteiger partial charge in [0, 0.05) is 36.2 Å². The van der Waals surface area contributed by atoms with E-state index in [4.69, 9.17) is 26.1 Å². The van der Waals surface area contributed by atoms with Crippen molar-refractivity contribution in [3.05, 3.63) is 52.3 Å². The van der Waals surface area contributed by atoms with Gasteiger partial charge in [-0.3, -0.25) is 15.1 Å². The monoisotopic (exact) mass is 510 g/mol. The zero-order chi connectivity index (χ0) is 24.5. The van der Waals surface area contributed by atoms with Crippen LogP contribution in [0.4, 0.5) is 5.13 Å². The quantitative estimate of drug-likeness (QED) is 0.373. The van der Waals surface area contributed by atoms with Crippen molar-refractivity contribution in [1.82, 2.24) is 24.9 Å². The highest BCUT2D eigenvalue weighted by molar-refractivity contribution is 7.21. The SMILES string of the molecule is COc1cnc(Cl)cc1-c1cc(C)ncc1C(=O)Nc1nc2nc(C)c(CC3CCOC3)nc2s1. The van der Waals surface area contributed by atoms with Crippen LogP contribution in [0.2, 0.25) is 5.15 Å². The van der Waals surface area contributed by atoms with Gasteiger partial charge in [0.15, 0.2) is 15.6 Å². The summed E-state index contributed by atoms with van der Waals surface area (Å²) in [5.41, 5.74) is 4.68. The number of anilines is 1. The minimum absolute atomic E-state index is 0.292. The Balaban J connectivity index is 1.45. The van der Waals surface area contributed by atoms with E-state index in [9.17, 15) is 4.79 Å². The lowest BCUT2D eigenvalue weighted by Gasteiger charge is -2.13. The fraction of sp³-hybridized carbons (Fsp3) is 0.333. The Hall–Kier alpha value is -3.21. The van der Waals surface area contributed by atoms with Gasteiger partial charge in [-0.05, 0) is 44.7 Å². The summed E-state index contributed by atoms with van der Waals surface area (Å²) in [4.78, 5) is 36.3. The Kier molecular flexibility index (Phi) is 6.59. The molecule has 0 aromatic carbocycles. The molecule has 0 aliphatic carbocycles. The number of nitrogens with zero attached hydrogens (tertiary/aromatic N) is 5. The van der Waals surface area contributed by atoms with Crippen LogP contribution in [0.15, 0.2) is 24.5 Å². The van der Waals surface area contributed by atoms with Crippen molar-refractivity contribution in [1.29, 1.82) is 0 Å². The van der Waals surface area contributed by atoms with E-state index in [0.29, 0.717) is 49.1 Å². The largest absolute Gasteiger partial charge is 0.494 e. The van der Waals surface area contributed by atoms with Crippen LogP contribution >= 0.6 is 22.9 Å². The molecule has 1 aliphatic heterocycles. The number of rotatable bonds is 6. The summed E-state index contributed by atoms with van der Waals surface area (Å²) in [6, 6.07) is 3.48. The number of hydrogen-bond acceptors (Lipinski definition) is 9. The first-order chi connectivity index (χ1) is 16.9. The minimum atomic E-state index is -0.360.